The van der Waals surface area contributed by atoms with Gasteiger partial charge in [0.2, 0.25) is 11.8 Å². The van der Waals surface area contributed by atoms with Crippen LogP contribution in [0.5, 0.6) is 0 Å². The van der Waals surface area contributed by atoms with Gasteiger partial charge in [-0.1, -0.05) is 12.1 Å². The van der Waals surface area contributed by atoms with Gasteiger partial charge < -0.3 is 14.7 Å². The number of hydrogen-bond donors (Lipinski definition) is 0. The fraction of sp³-hybridized carbons (Fsp3) is 0.500. The lowest BCUT2D eigenvalue weighted by molar-refractivity contribution is -0.140. The Morgan fingerprint density at radius 2 is 1.87 bits per heavy atom. The molecule has 0 N–H and O–H groups in total. The van der Waals surface area contributed by atoms with E-state index < -0.39 is 0 Å². The summed E-state index contributed by atoms with van der Waals surface area (Å²) in [6, 6.07) is 6.14. The first kappa shape index (κ1) is 16.3. The lowest BCUT2D eigenvalue weighted by Gasteiger charge is -2.34. The number of likely N-dealkylation sites (N-methyl/N-ethyl adjacent to an activating group) is 1. The fourth-order valence-corrected chi connectivity index (χ4v) is 4.02. The van der Waals surface area contributed by atoms with E-state index in [9.17, 15) is 14.0 Å². The second-order valence-electron chi connectivity index (χ2n) is 5.92. The van der Waals surface area contributed by atoms with E-state index in [4.69, 9.17) is 0 Å². The van der Waals surface area contributed by atoms with Gasteiger partial charge in [0.1, 0.15) is 17.7 Å². The number of carbonyl (C=O) groups is 2. The molecule has 1 atom stereocenters. The predicted octanol–water partition coefficient (Wildman–Crippen LogP) is 1.17. The highest BCUT2D eigenvalue weighted by Gasteiger charge is 2.35. The summed E-state index contributed by atoms with van der Waals surface area (Å²) < 4.78 is 13.1. The maximum atomic E-state index is 13.1. The van der Waals surface area contributed by atoms with Crippen LogP contribution in [0.1, 0.15) is 10.9 Å². The SMILES string of the molecule is CN1CCN(C(=O)CN2C(=O)CS[C@H]2c2ccc(F)cc2)CC1. The molecule has 2 saturated heterocycles. The van der Waals surface area contributed by atoms with E-state index in [0.29, 0.717) is 18.8 Å². The second kappa shape index (κ2) is 6.88. The molecule has 1 aromatic carbocycles. The van der Waals surface area contributed by atoms with Crippen LogP contribution in [0.15, 0.2) is 24.3 Å². The van der Waals surface area contributed by atoms with E-state index in [0.717, 1.165) is 18.7 Å². The number of thioether (sulfide) groups is 1. The molecule has 2 aliphatic rings. The minimum Gasteiger partial charge on any atom is -0.339 e. The van der Waals surface area contributed by atoms with Crippen LogP contribution in [0.4, 0.5) is 4.39 Å². The topological polar surface area (TPSA) is 43.9 Å². The Kier molecular flexibility index (Phi) is 4.87. The molecule has 3 rings (SSSR count). The smallest absolute Gasteiger partial charge is 0.242 e. The first-order chi connectivity index (χ1) is 11.0. The van der Waals surface area contributed by atoms with Crippen LogP contribution in [-0.4, -0.2) is 72.0 Å². The van der Waals surface area contributed by atoms with Crippen molar-refractivity contribution in [3.05, 3.63) is 35.6 Å². The largest absolute Gasteiger partial charge is 0.339 e. The molecule has 0 aromatic heterocycles. The van der Waals surface area contributed by atoms with Crippen LogP contribution in [0.25, 0.3) is 0 Å². The molecular formula is C16H20FN3O2S. The van der Waals surface area contributed by atoms with Gasteiger partial charge in [0, 0.05) is 26.2 Å². The van der Waals surface area contributed by atoms with Gasteiger partial charge in [0.25, 0.3) is 0 Å². The van der Waals surface area contributed by atoms with Crippen molar-refractivity contribution in [1.82, 2.24) is 14.7 Å². The molecule has 1 aromatic rings. The van der Waals surface area contributed by atoms with E-state index in [1.807, 2.05) is 11.9 Å². The van der Waals surface area contributed by atoms with E-state index >= 15 is 0 Å². The summed E-state index contributed by atoms with van der Waals surface area (Å²) in [4.78, 5) is 30.2. The minimum atomic E-state index is -0.303. The molecule has 0 radical (unpaired) electrons. The highest BCUT2D eigenvalue weighted by atomic mass is 32.2. The van der Waals surface area contributed by atoms with Crippen molar-refractivity contribution in [1.29, 1.82) is 0 Å². The van der Waals surface area contributed by atoms with Crippen molar-refractivity contribution in [3.8, 4) is 0 Å². The van der Waals surface area contributed by atoms with Crippen LogP contribution in [0.2, 0.25) is 0 Å². The molecule has 0 bridgehead atoms. The third-order valence-electron chi connectivity index (χ3n) is 4.28. The molecule has 2 aliphatic heterocycles. The summed E-state index contributed by atoms with van der Waals surface area (Å²) in [6.07, 6.45) is 0. The zero-order valence-corrected chi connectivity index (χ0v) is 13.9. The number of hydrogen-bond acceptors (Lipinski definition) is 4. The van der Waals surface area contributed by atoms with Gasteiger partial charge in [-0.15, -0.1) is 11.8 Å². The molecular weight excluding hydrogens is 317 g/mol. The summed E-state index contributed by atoms with van der Waals surface area (Å²) in [5.41, 5.74) is 0.855. The highest BCUT2D eigenvalue weighted by molar-refractivity contribution is 8.00. The number of amides is 2. The van der Waals surface area contributed by atoms with Crippen LogP contribution < -0.4 is 0 Å². The summed E-state index contributed by atoms with van der Waals surface area (Å²) in [5.74, 6) is 0.00826. The quantitative estimate of drug-likeness (QED) is 0.831. The second-order valence-corrected chi connectivity index (χ2v) is 6.99. The molecule has 0 saturated carbocycles. The number of nitrogens with zero attached hydrogens (tertiary/aromatic N) is 3. The monoisotopic (exact) mass is 337 g/mol. The highest BCUT2D eigenvalue weighted by Crippen LogP contribution is 2.38. The maximum Gasteiger partial charge on any atom is 0.242 e. The average Bonchev–Trinajstić information content (AvgIpc) is 2.90. The molecule has 5 nitrogen and oxygen atoms in total. The van der Waals surface area contributed by atoms with Crippen molar-refractivity contribution < 1.29 is 14.0 Å². The normalized spacial score (nSPS) is 22.7. The number of benzene rings is 1. The first-order valence-electron chi connectivity index (χ1n) is 7.67. The van der Waals surface area contributed by atoms with Crippen LogP contribution in [0.3, 0.4) is 0 Å². The van der Waals surface area contributed by atoms with Crippen molar-refractivity contribution in [2.45, 2.75) is 5.37 Å². The van der Waals surface area contributed by atoms with Crippen molar-refractivity contribution in [3.63, 3.8) is 0 Å². The van der Waals surface area contributed by atoms with Gasteiger partial charge in [-0.25, -0.2) is 4.39 Å². The number of piperazine rings is 1. The molecule has 0 spiro atoms. The lowest BCUT2D eigenvalue weighted by Crippen LogP contribution is -2.50. The fourth-order valence-electron chi connectivity index (χ4n) is 2.83. The molecule has 23 heavy (non-hydrogen) atoms. The zero-order valence-electron chi connectivity index (χ0n) is 13.1. The summed E-state index contributed by atoms with van der Waals surface area (Å²) in [6.45, 7) is 3.21. The van der Waals surface area contributed by atoms with Crippen molar-refractivity contribution in [2.75, 3.05) is 45.5 Å². The van der Waals surface area contributed by atoms with Gasteiger partial charge in [0.15, 0.2) is 0 Å². The number of rotatable bonds is 3. The summed E-state index contributed by atoms with van der Waals surface area (Å²) >= 11 is 1.48. The molecule has 0 unspecified atom stereocenters. The summed E-state index contributed by atoms with van der Waals surface area (Å²) in [5, 5.41) is -0.209. The Bertz CT molecular complexity index is 587. The third-order valence-corrected chi connectivity index (χ3v) is 5.54. The predicted molar refractivity (Wildman–Crippen MR) is 87.4 cm³/mol. The van der Waals surface area contributed by atoms with Crippen molar-refractivity contribution in [2.24, 2.45) is 0 Å². The molecule has 0 aliphatic carbocycles. The van der Waals surface area contributed by atoms with Crippen molar-refractivity contribution >= 4 is 23.6 Å². The Morgan fingerprint density at radius 1 is 1.22 bits per heavy atom. The minimum absolute atomic E-state index is 0.0129. The molecule has 2 fully saturated rings. The average molecular weight is 337 g/mol. The van der Waals surface area contributed by atoms with Crippen LogP contribution in [0, 0.1) is 5.82 Å². The Labute approximate surface area is 139 Å². The lowest BCUT2D eigenvalue weighted by atomic mass is 10.2. The zero-order chi connectivity index (χ0) is 16.4. The molecule has 124 valence electrons. The number of halogens is 1. The van der Waals surface area contributed by atoms with E-state index in [1.165, 1.54) is 23.9 Å². The Hall–Kier alpha value is -1.60. The van der Waals surface area contributed by atoms with Gasteiger partial charge in [0.05, 0.1) is 5.75 Å². The van der Waals surface area contributed by atoms with Gasteiger partial charge in [-0.05, 0) is 24.7 Å². The van der Waals surface area contributed by atoms with Crippen LogP contribution >= 0.6 is 11.8 Å². The maximum absolute atomic E-state index is 13.1. The van der Waals surface area contributed by atoms with Gasteiger partial charge in [-0.2, -0.15) is 0 Å². The molecule has 7 heteroatoms. The third kappa shape index (κ3) is 3.67. The van der Waals surface area contributed by atoms with Gasteiger partial charge in [-0.3, -0.25) is 9.59 Å². The standard InChI is InChI=1S/C16H20FN3O2S/c1-18-6-8-19(9-7-18)14(21)10-20-15(22)11-23-16(20)12-2-4-13(17)5-3-12/h2-5,16H,6-11H2,1H3/t16-/m0/s1. The Balaban J connectivity index is 1.68. The van der Waals surface area contributed by atoms with Crippen LogP contribution in [-0.2, 0) is 9.59 Å². The first-order valence-corrected chi connectivity index (χ1v) is 8.72. The van der Waals surface area contributed by atoms with E-state index in [-0.39, 0.29) is 29.6 Å². The molecule has 2 heterocycles. The molecule has 2 amide bonds. The summed E-state index contributed by atoms with van der Waals surface area (Å²) in [7, 11) is 2.03. The Morgan fingerprint density at radius 3 is 2.52 bits per heavy atom. The van der Waals surface area contributed by atoms with Gasteiger partial charge >= 0.3 is 0 Å². The number of carbonyl (C=O) groups excluding carboxylic acids is 2. The van der Waals surface area contributed by atoms with E-state index in [2.05, 4.69) is 4.90 Å². The van der Waals surface area contributed by atoms with E-state index in [1.54, 1.807) is 17.0 Å².